The van der Waals surface area contributed by atoms with Gasteiger partial charge in [-0.3, -0.25) is 28.7 Å². The minimum atomic E-state index is -3.83. The molecule has 0 fully saturated rings. The van der Waals surface area contributed by atoms with Gasteiger partial charge in [-0.1, -0.05) is 17.7 Å². The van der Waals surface area contributed by atoms with E-state index in [1.165, 1.54) is 17.8 Å². The van der Waals surface area contributed by atoms with Crippen LogP contribution in [-0.4, -0.2) is 51.0 Å². The predicted molar refractivity (Wildman–Crippen MR) is 185 cm³/mol. The maximum atomic E-state index is 14.9. The number of anilines is 2. The molecule has 1 aliphatic carbocycles. The number of hydrogen-bond acceptors (Lipinski definition) is 7. The first-order valence-electron chi connectivity index (χ1n) is 16.4. The molecule has 0 spiro atoms. The fourth-order valence-electron chi connectivity index (χ4n) is 7.05. The number of rotatable bonds is 10. The molecule has 4 heterocycles. The third kappa shape index (κ3) is 7.08. The highest BCUT2D eigenvalue weighted by atomic mass is 35.5. The van der Waals surface area contributed by atoms with Crippen LogP contribution in [0.2, 0.25) is 5.02 Å². The molecule has 1 atom stereocenters. The van der Waals surface area contributed by atoms with Crippen molar-refractivity contribution in [3.05, 3.63) is 87.0 Å². The molecular formula is C34H29ClF6N8O4S. The van der Waals surface area contributed by atoms with Gasteiger partial charge in [0.1, 0.15) is 29.6 Å². The fourth-order valence-corrected chi connectivity index (χ4v) is 7.79. The van der Waals surface area contributed by atoms with Gasteiger partial charge in [-0.05, 0) is 42.7 Å². The smallest absolute Gasteiger partial charge is 0.290 e. The molecule has 0 radical (unpaired) electrons. The molecular weight excluding hydrogens is 766 g/mol. The number of aromatic nitrogens is 5. The second-order valence-corrected chi connectivity index (χ2v) is 15.3. The van der Waals surface area contributed by atoms with E-state index < -0.39 is 70.3 Å². The third-order valence-electron chi connectivity index (χ3n) is 9.15. The van der Waals surface area contributed by atoms with E-state index in [0.29, 0.717) is 27.7 Å². The number of halogens is 7. The Hall–Kier alpha value is -5.17. The molecule has 12 nitrogen and oxygen atoms in total. The van der Waals surface area contributed by atoms with Gasteiger partial charge in [-0.15, -0.1) is 0 Å². The number of benzene rings is 2. The molecule has 1 unspecified atom stereocenters. The van der Waals surface area contributed by atoms with E-state index in [2.05, 4.69) is 25.6 Å². The summed E-state index contributed by atoms with van der Waals surface area (Å²) in [7, 11) is -2.32. The minimum Gasteiger partial charge on any atom is -0.346 e. The van der Waals surface area contributed by atoms with Crippen LogP contribution in [-0.2, 0) is 58.4 Å². The molecule has 0 bridgehead atoms. The Kier molecular flexibility index (Phi) is 9.36. The van der Waals surface area contributed by atoms with Crippen LogP contribution < -0.4 is 15.4 Å². The number of aryl methyl sites for hydroxylation is 2. The second kappa shape index (κ2) is 13.6. The van der Waals surface area contributed by atoms with Gasteiger partial charge in [0.2, 0.25) is 21.8 Å². The number of nitrogens with zero attached hydrogens (tertiary/aromatic N) is 5. The van der Waals surface area contributed by atoms with Gasteiger partial charge in [0, 0.05) is 49.1 Å². The summed E-state index contributed by atoms with van der Waals surface area (Å²) in [6.45, 7) is -0.914. The molecule has 0 saturated heterocycles. The average molecular weight is 795 g/mol. The van der Waals surface area contributed by atoms with Crippen LogP contribution in [0.5, 0.6) is 0 Å². The molecule has 2 amide bonds. The second-order valence-electron chi connectivity index (χ2n) is 13.1. The highest BCUT2D eigenvalue weighted by Gasteiger charge is 2.46. The van der Waals surface area contributed by atoms with Crippen LogP contribution in [0.1, 0.15) is 59.2 Å². The van der Waals surface area contributed by atoms with E-state index in [9.17, 15) is 44.3 Å². The average Bonchev–Trinajstić information content (AvgIpc) is 3.70. The molecule has 20 heteroatoms. The van der Waals surface area contributed by atoms with Crippen molar-refractivity contribution in [2.45, 2.75) is 57.0 Å². The monoisotopic (exact) mass is 794 g/mol. The van der Waals surface area contributed by atoms with Crippen molar-refractivity contribution in [1.29, 1.82) is 0 Å². The van der Waals surface area contributed by atoms with Gasteiger partial charge in [0.15, 0.2) is 5.82 Å². The lowest BCUT2D eigenvalue weighted by Crippen LogP contribution is -2.35. The van der Waals surface area contributed by atoms with Gasteiger partial charge >= 0.3 is 0 Å². The molecule has 3 N–H and O–H groups in total. The lowest BCUT2D eigenvalue weighted by atomic mass is 9.92. The summed E-state index contributed by atoms with van der Waals surface area (Å²) in [5.41, 5.74) is -0.281. The maximum Gasteiger partial charge on any atom is 0.290 e. The number of sulfonamides is 1. The normalized spacial score (nSPS) is 15.6. The third-order valence-corrected chi connectivity index (χ3v) is 10.0. The largest absolute Gasteiger partial charge is 0.346 e. The number of hydrogen-bond donors (Lipinski definition) is 3. The number of pyridine rings is 1. The zero-order valence-electron chi connectivity index (χ0n) is 28.3. The highest BCUT2D eigenvalue weighted by molar-refractivity contribution is 7.92. The van der Waals surface area contributed by atoms with Crippen LogP contribution in [0, 0.1) is 11.6 Å². The Balaban J connectivity index is 1.39. The molecule has 0 saturated carbocycles. The SMILES string of the molecule is Cn1nc(NS(C)(=O)=O)c2c(Cl)ccc(-c3cc4c(nc3C(Cc3cc(F)cc(F)c3)NC(=O)Cn3nc(C(F)F)c5c3C(F)(F)CC5)CCC(=O)N4)c21. The van der Waals surface area contributed by atoms with Crippen molar-refractivity contribution in [1.82, 2.24) is 29.9 Å². The Morgan fingerprint density at radius 1 is 1.04 bits per heavy atom. The molecule has 5 aromatic rings. The Labute approximate surface area is 307 Å². The lowest BCUT2D eigenvalue weighted by Gasteiger charge is -2.26. The zero-order chi connectivity index (χ0) is 38.9. The van der Waals surface area contributed by atoms with E-state index in [0.717, 1.165) is 18.4 Å². The molecule has 2 aliphatic rings. The van der Waals surface area contributed by atoms with Crippen LogP contribution >= 0.6 is 11.6 Å². The van der Waals surface area contributed by atoms with Gasteiger partial charge in [0.25, 0.3) is 12.3 Å². The van der Waals surface area contributed by atoms with Crippen molar-refractivity contribution in [2.24, 2.45) is 7.05 Å². The number of amides is 2. The Morgan fingerprint density at radius 3 is 2.44 bits per heavy atom. The van der Waals surface area contributed by atoms with E-state index >= 15 is 0 Å². The van der Waals surface area contributed by atoms with E-state index in [1.54, 1.807) is 12.1 Å². The van der Waals surface area contributed by atoms with Crippen LogP contribution in [0.3, 0.4) is 0 Å². The van der Waals surface area contributed by atoms with Crippen molar-refractivity contribution in [3.63, 3.8) is 0 Å². The topological polar surface area (TPSA) is 153 Å². The van der Waals surface area contributed by atoms with Crippen LogP contribution in [0.15, 0.2) is 36.4 Å². The summed E-state index contributed by atoms with van der Waals surface area (Å²) in [5, 5.41) is 13.7. The first-order chi connectivity index (χ1) is 25.4. The lowest BCUT2D eigenvalue weighted by molar-refractivity contribution is -0.123. The highest BCUT2D eigenvalue weighted by Crippen LogP contribution is 2.45. The van der Waals surface area contributed by atoms with E-state index in [1.807, 2.05) is 0 Å². The standard InChI is InChI=1S/C34H29ClF6N8O4S/c1-48-30-18(3-4-21(35)27(30)33(46-48)47-54(2,52)53)20-13-23-22(5-6-25(50)42-23)44-28(20)24(11-15-9-16(36)12-17(37)10-15)43-26(51)14-49-31-19(7-8-34(31,40)41)29(45-49)32(38)39/h3-4,9-10,12-13,24,32H,5-8,11,14H2,1-2H3,(H,42,50)(H,43,51)(H,46,47). The minimum absolute atomic E-state index is 0.0590. The van der Waals surface area contributed by atoms with Gasteiger partial charge in [0.05, 0.1) is 45.3 Å². The van der Waals surface area contributed by atoms with Crippen molar-refractivity contribution < 1.29 is 44.3 Å². The summed E-state index contributed by atoms with van der Waals surface area (Å²) in [6, 6.07) is 6.02. The molecule has 54 heavy (non-hydrogen) atoms. The predicted octanol–water partition coefficient (Wildman–Crippen LogP) is 6.10. The fraction of sp³-hybridized carbons (Fsp3) is 0.324. The summed E-state index contributed by atoms with van der Waals surface area (Å²) in [4.78, 5) is 31.1. The number of nitrogens with one attached hydrogen (secondary N) is 3. The molecule has 2 aromatic carbocycles. The number of alkyl halides is 4. The summed E-state index contributed by atoms with van der Waals surface area (Å²) < 4.78 is 115. The van der Waals surface area contributed by atoms with Crippen LogP contribution in [0.4, 0.5) is 37.8 Å². The molecule has 284 valence electrons. The molecule has 1 aliphatic heterocycles. The number of fused-ring (bicyclic) bond motifs is 3. The first kappa shape index (κ1) is 37.2. The van der Waals surface area contributed by atoms with Crippen molar-refractivity contribution in [2.75, 3.05) is 16.3 Å². The quantitative estimate of drug-likeness (QED) is 0.145. The van der Waals surface area contributed by atoms with Gasteiger partial charge < -0.3 is 10.6 Å². The van der Waals surface area contributed by atoms with Crippen molar-refractivity contribution >= 4 is 55.8 Å². The summed E-state index contributed by atoms with van der Waals surface area (Å²) in [5.74, 6) is -6.76. The first-order valence-corrected chi connectivity index (χ1v) is 18.6. The van der Waals surface area contributed by atoms with E-state index in [4.69, 9.17) is 16.6 Å². The Morgan fingerprint density at radius 2 is 1.76 bits per heavy atom. The Bertz CT molecular complexity index is 2470. The van der Waals surface area contributed by atoms with Crippen LogP contribution in [0.25, 0.3) is 22.0 Å². The van der Waals surface area contributed by atoms with Gasteiger partial charge in [-0.25, -0.2) is 26.0 Å². The molecule has 3 aromatic heterocycles. The van der Waals surface area contributed by atoms with Gasteiger partial charge in [-0.2, -0.15) is 19.0 Å². The summed E-state index contributed by atoms with van der Waals surface area (Å²) >= 11 is 6.57. The summed E-state index contributed by atoms with van der Waals surface area (Å²) in [6.07, 6.45) is -3.44. The van der Waals surface area contributed by atoms with Crippen molar-refractivity contribution in [3.8, 4) is 11.1 Å². The van der Waals surface area contributed by atoms with E-state index in [-0.39, 0.29) is 75.7 Å². The molecule has 7 rings (SSSR count). The maximum absolute atomic E-state index is 14.9. The number of carbonyl (C=O) groups excluding carboxylic acids is 2. The zero-order valence-corrected chi connectivity index (χ0v) is 29.9. The number of carbonyl (C=O) groups is 2.